The van der Waals surface area contributed by atoms with Crippen LogP contribution in [0.3, 0.4) is 0 Å². The van der Waals surface area contributed by atoms with E-state index in [9.17, 15) is 0 Å². The smallest absolute Gasteiger partial charge is 0.198 e. The maximum atomic E-state index is 5.68. The van der Waals surface area contributed by atoms with Gasteiger partial charge in [0.1, 0.15) is 0 Å². The third-order valence-corrected chi connectivity index (χ3v) is 1.15. The number of halogens is 2. The van der Waals surface area contributed by atoms with Gasteiger partial charge in [0.15, 0.2) is 12.6 Å². The SMILES string of the molecule is CC(C)(N)C1N=CON1.Cl.Cl. The Hall–Kier alpha value is -0.0300. The van der Waals surface area contributed by atoms with Gasteiger partial charge in [0.25, 0.3) is 0 Å². The van der Waals surface area contributed by atoms with Crippen LogP contribution in [-0.2, 0) is 4.84 Å². The molecule has 1 aliphatic heterocycles. The number of hydrogen-bond acceptors (Lipinski definition) is 4. The topological polar surface area (TPSA) is 59.6 Å². The molecule has 11 heavy (non-hydrogen) atoms. The number of hydrogen-bond donors (Lipinski definition) is 2. The average molecular weight is 202 g/mol. The van der Waals surface area contributed by atoms with Gasteiger partial charge in [0.2, 0.25) is 0 Å². The second kappa shape index (κ2) is 4.77. The van der Waals surface area contributed by atoms with Crippen LogP contribution >= 0.6 is 24.8 Å². The van der Waals surface area contributed by atoms with E-state index in [2.05, 4.69) is 15.3 Å². The minimum Gasteiger partial charge on any atom is -0.395 e. The predicted molar refractivity (Wildman–Crippen MR) is 49.3 cm³/mol. The van der Waals surface area contributed by atoms with E-state index < -0.39 is 0 Å². The van der Waals surface area contributed by atoms with Crippen LogP contribution in [0.2, 0.25) is 0 Å². The highest BCUT2D eigenvalue weighted by Crippen LogP contribution is 2.07. The molecule has 4 nitrogen and oxygen atoms in total. The summed E-state index contributed by atoms with van der Waals surface area (Å²) in [6, 6.07) is 0. The first-order chi connectivity index (χ1) is 4.11. The van der Waals surface area contributed by atoms with E-state index >= 15 is 0 Å². The Morgan fingerprint density at radius 3 is 2.27 bits per heavy atom. The van der Waals surface area contributed by atoms with Gasteiger partial charge >= 0.3 is 0 Å². The summed E-state index contributed by atoms with van der Waals surface area (Å²) in [7, 11) is 0. The van der Waals surface area contributed by atoms with Crippen molar-refractivity contribution >= 4 is 31.2 Å². The quantitative estimate of drug-likeness (QED) is 0.649. The fraction of sp³-hybridized carbons (Fsp3) is 0.800. The van der Waals surface area contributed by atoms with Crippen molar-refractivity contribution in [1.82, 2.24) is 5.48 Å². The molecule has 0 fully saturated rings. The maximum Gasteiger partial charge on any atom is 0.198 e. The number of hydroxylamine groups is 1. The van der Waals surface area contributed by atoms with Crippen LogP contribution in [0.15, 0.2) is 4.99 Å². The highest BCUT2D eigenvalue weighted by molar-refractivity contribution is 5.85. The molecule has 1 heterocycles. The number of rotatable bonds is 1. The summed E-state index contributed by atoms with van der Waals surface area (Å²) in [5.74, 6) is 0. The first-order valence-corrected chi connectivity index (χ1v) is 2.82. The summed E-state index contributed by atoms with van der Waals surface area (Å²) in [5, 5.41) is 0. The second-order valence-electron chi connectivity index (χ2n) is 2.71. The minimum atomic E-state index is -0.354. The van der Waals surface area contributed by atoms with E-state index in [1.165, 1.54) is 6.40 Å². The van der Waals surface area contributed by atoms with E-state index in [1.807, 2.05) is 13.8 Å². The third-order valence-electron chi connectivity index (χ3n) is 1.15. The molecule has 1 atom stereocenters. The first-order valence-electron chi connectivity index (χ1n) is 2.82. The monoisotopic (exact) mass is 201 g/mol. The van der Waals surface area contributed by atoms with Crippen LogP contribution in [0.25, 0.3) is 0 Å². The Kier molecular flexibility index (Phi) is 5.88. The van der Waals surface area contributed by atoms with Gasteiger partial charge in [-0.25, -0.2) is 4.99 Å². The average Bonchev–Trinajstić information content (AvgIpc) is 2.08. The normalized spacial score (nSPS) is 21.5. The van der Waals surface area contributed by atoms with Crippen molar-refractivity contribution in [2.75, 3.05) is 0 Å². The zero-order valence-electron chi connectivity index (χ0n) is 6.40. The van der Waals surface area contributed by atoms with Crippen LogP contribution in [0, 0.1) is 0 Å². The molecule has 0 amide bonds. The molecule has 0 radical (unpaired) electrons. The molecule has 68 valence electrons. The van der Waals surface area contributed by atoms with Gasteiger partial charge in [-0.1, -0.05) is 0 Å². The lowest BCUT2D eigenvalue weighted by atomic mass is 10.0. The molecule has 0 bridgehead atoms. The van der Waals surface area contributed by atoms with Crippen molar-refractivity contribution < 1.29 is 4.84 Å². The predicted octanol–water partition coefficient (Wildman–Crippen LogP) is 0.456. The largest absolute Gasteiger partial charge is 0.395 e. The molecule has 3 N–H and O–H groups in total. The molecule has 0 aromatic heterocycles. The van der Waals surface area contributed by atoms with Gasteiger partial charge in [-0.05, 0) is 13.8 Å². The molecule has 0 spiro atoms. The minimum absolute atomic E-state index is 0. The maximum absolute atomic E-state index is 5.68. The van der Waals surface area contributed by atoms with Crippen LogP contribution in [0.4, 0.5) is 0 Å². The molecule has 1 unspecified atom stereocenters. The van der Waals surface area contributed by atoms with Gasteiger partial charge in [-0.2, -0.15) is 0 Å². The van der Waals surface area contributed by atoms with E-state index in [4.69, 9.17) is 5.73 Å². The molecule has 1 rings (SSSR count). The summed E-state index contributed by atoms with van der Waals surface area (Å²) in [6.07, 6.45) is 1.25. The molecule has 0 aliphatic carbocycles. The van der Waals surface area contributed by atoms with Crippen LogP contribution < -0.4 is 11.2 Å². The van der Waals surface area contributed by atoms with E-state index in [1.54, 1.807) is 0 Å². The molecule has 1 aliphatic rings. The van der Waals surface area contributed by atoms with Crippen molar-refractivity contribution in [2.45, 2.75) is 25.6 Å². The Balaban J connectivity index is 0. The fourth-order valence-corrected chi connectivity index (χ4v) is 0.561. The van der Waals surface area contributed by atoms with Gasteiger partial charge in [-0.15, -0.1) is 30.3 Å². The van der Waals surface area contributed by atoms with Crippen molar-refractivity contribution in [3.8, 4) is 0 Å². The Labute approximate surface area is 78.4 Å². The number of nitrogens with zero attached hydrogens (tertiary/aromatic N) is 1. The number of nitrogens with two attached hydrogens (primary N) is 1. The molecule has 0 saturated carbocycles. The zero-order valence-corrected chi connectivity index (χ0v) is 8.04. The second-order valence-corrected chi connectivity index (χ2v) is 2.71. The first kappa shape index (κ1) is 13.6. The Morgan fingerprint density at radius 1 is 1.55 bits per heavy atom. The van der Waals surface area contributed by atoms with Crippen molar-refractivity contribution in [3.05, 3.63) is 0 Å². The van der Waals surface area contributed by atoms with Crippen LogP contribution in [0.5, 0.6) is 0 Å². The highest BCUT2D eigenvalue weighted by Gasteiger charge is 2.26. The summed E-state index contributed by atoms with van der Waals surface area (Å²) in [4.78, 5) is 8.59. The van der Waals surface area contributed by atoms with Gasteiger partial charge < -0.3 is 10.6 Å². The Morgan fingerprint density at radius 2 is 2.09 bits per heavy atom. The number of aliphatic imine (C=N–C) groups is 1. The van der Waals surface area contributed by atoms with E-state index in [0.29, 0.717) is 0 Å². The fourth-order valence-electron chi connectivity index (χ4n) is 0.561. The van der Waals surface area contributed by atoms with Gasteiger partial charge in [0, 0.05) is 5.54 Å². The van der Waals surface area contributed by atoms with E-state index in [-0.39, 0.29) is 36.5 Å². The molecule has 0 aromatic rings. The zero-order chi connectivity index (χ0) is 6.91. The van der Waals surface area contributed by atoms with Crippen molar-refractivity contribution in [3.63, 3.8) is 0 Å². The number of nitrogens with one attached hydrogen (secondary N) is 1. The summed E-state index contributed by atoms with van der Waals surface area (Å²) < 4.78 is 0. The van der Waals surface area contributed by atoms with Gasteiger partial charge in [0.05, 0.1) is 0 Å². The lowest BCUT2D eigenvalue weighted by Gasteiger charge is -2.22. The van der Waals surface area contributed by atoms with Crippen molar-refractivity contribution in [2.24, 2.45) is 10.7 Å². The Bertz CT molecular complexity index is 134. The van der Waals surface area contributed by atoms with Crippen LogP contribution in [-0.4, -0.2) is 18.1 Å². The molecular formula is C5H13Cl2N3O. The molecular weight excluding hydrogens is 189 g/mol. The lowest BCUT2D eigenvalue weighted by Crippen LogP contribution is -2.49. The molecule has 6 heteroatoms. The third kappa shape index (κ3) is 3.76. The standard InChI is InChI=1S/C5H11N3O.2ClH/c1-5(2,6)4-7-3-9-8-4;;/h3-4,8H,6H2,1-2H3;2*1H. The summed E-state index contributed by atoms with van der Waals surface area (Å²) >= 11 is 0. The summed E-state index contributed by atoms with van der Waals surface area (Å²) in [5.41, 5.74) is 7.98. The highest BCUT2D eigenvalue weighted by atomic mass is 35.5. The van der Waals surface area contributed by atoms with Crippen molar-refractivity contribution in [1.29, 1.82) is 0 Å². The molecule has 0 aromatic carbocycles. The van der Waals surface area contributed by atoms with Gasteiger partial charge in [-0.3, -0.25) is 0 Å². The lowest BCUT2D eigenvalue weighted by molar-refractivity contribution is 0.153. The molecule has 0 saturated heterocycles. The van der Waals surface area contributed by atoms with E-state index in [0.717, 1.165) is 0 Å². The summed E-state index contributed by atoms with van der Waals surface area (Å²) in [6.45, 7) is 3.77. The van der Waals surface area contributed by atoms with Crippen LogP contribution in [0.1, 0.15) is 13.8 Å².